The second-order valence-corrected chi connectivity index (χ2v) is 30.4. The number of ether oxygens (including phenoxy) is 2. The second kappa shape index (κ2) is 15.2. The Kier molecular flexibility index (Phi) is 14.0. The van der Waals surface area contributed by atoms with Crippen LogP contribution in [0.25, 0.3) is 0 Å². The fourth-order valence-corrected chi connectivity index (χ4v) is 12.8. The average Bonchev–Trinajstić information content (AvgIpc) is 2.90. The van der Waals surface area contributed by atoms with Gasteiger partial charge in [-0.15, -0.1) is 29.9 Å². The van der Waals surface area contributed by atoms with Crippen LogP contribution < -0.4 is 0 Å². The van der Waals surface area contributed by atoms with Crippen LogP contribution in [0.3, 0.4) is 0 Å². The Labute approximate surface area is 289 Å². The van der Waals surface area contributed by atoms with E-state index in [2.05, 4.69) is 132 Å². The fraction of sp³-hybridized carbons (Fsp3) is 0.944. The SMILES string of the molecule is C#C[C@H](O)[C@H]1OC(C)(C)O[C@H]([C@H](C)C2(C[C@@H](O[Si](C)(C)C(C)(C)C)[C@H](C)[C@H](O[Si](C)(C)C(C)(C)C)C(C)C)SCCCS2)[C@@H]1C. The minimum atomic E-state index is -2.13. The van der Waals surface area contributed by atoms with Crippen molar-refractivity contribution in [3.05, 3.63) is 0 Å². The number of aliphatic hydroxyl groups is 1. The topological polar surface area (TPSA) is 57.2 Å². The van der Waals surface area contributed by atoms with Crippen molar-refractivity contribution < 1.29 is 23.4 Å². The molecule has 2 rings (SSSR count). The van der Waals surface area contributed by atoms with Gasteiger partial charge < -0.3 is 23.4 Å². The van der Waals surface area contributed by atoms with E-state index < -0.39 is 34.6 Å². The first-order valence-corrected chi connectivity index (χ1v) is 25.1. The Bertz CT molecular complexity index is 991. The van der Waals surface area contributed by atoms with E-state index in [1.165, 1.54) is 6.42 Å². The van der Waals surface area contributed by atoms with E-state index >= 15 is 0 Å². The van der Waals surface area contributed by atoms with Gasteiger partial charge in [0.15, 0.2) is 22.4 Å². The standard InChI is InChI=1S/C36H70O5S2Si2/c1-19-28(37)32-26(5)31(38-35(13,14)39-32)27(6)36(42-21-20-22-43-36)23-29(40-44(15,16)33(7,8)9)25(4)30(24(2)3)41-45(17,18)34(10,11)12/h1,24-32,37H,20-23H2,2-18H3/t25-,26-,27-,28-,29+,30+,31-,32-/m0/s1. The van der Waals surface area contributed by atoms with Crippen LogP contribution in [-0.4, -0.2) is 73.6 Å². The molecule has 2 saturated heterocycles. The lowest BCUT2D eigenvalue weighted by molar-refractivity contribution is -0.336. The summed E-state index contributed by atoms with van der Waals surface area (Å²) in [5.41, 5.74) is 0. The summed E-state index contributed by atoms with van der Waals surface area (Å²) in [6.45, 7) is 38.9. The average molecular weight is 703 g/mol. The number of hydrogen-bond donors (Lipinski definition) is 1. The van der Waals surface area contributed by atoms with Gasteiger partial charge in [0.25, 0.3) is 0 Å². The molecule has 264 valence electrons. The van der Waals surface area contributed by atoms with Gasteiger partial charge in [-0.2, -0.15) is 0 Å². The predicted octanol–water partition coefficient (Wildman–Crippen LogP) is 9.80. The van der Waals surface area contributed by atoms with Crippen molar-refractivity contribution in [2.45, 2.75) is 180 Å². The lowest BCUT2D eigenvalue weighted by Gasteiger charge is -2.54. The highest BCUT2D eigenvalue weighted by Gasteiger charge is 2.54. The molecule has 0 saturated carbocycles. The largest absolute Gasteiger partial charge is 0.413 e. The monoisotopic (exact) mass is 702 g/mol. The maximum Gasteiger partial charge on any atom is 0.192 e. The van der Waals surface area contributed by atoms with Crippen molar-refractivity contribution in [3.8, 4) is 12.3 Å². The van der Waals surface area contributed by atoms with Crippen LogP contribution >= 0.6 is 23.5 Å². The lowest BCUT2D eigenvalue weighted by atomic mass is 9.80. The summed E-state index contributed by atoms with van der Waals surface area (Å²) in [5.74, 6) is 4.58. The maximum atomic E-state index is 10.8. The maximum absolute atomic E-state index is 10.8. The highest BCUT2D eigenvalue weighted by atomic mass is 32.2. The zero-order valence-electron chi connectivity index (χ0n) is 32.0. The Morgan fingerprint density at radius 1 is 0.889 bits per heavy atom. The number of aliphatic hydroxyl groups excluding tert-OH is 1. The van der Waals surface area contributed by atoms with E-state index in [1.54, 1.807) is 0 Å². The molecule has 0 aromatic carbocycles. The van der Waals surface area contributed by atoms with E-state index in [4.69, 9.17) is 24.7 Å². The van der Waals surface area contributed by atoms with Crippen LogP contribution in [0.1, 0.15) is 103 Å². The first kappa shape index (κ1) is 41.7. The zero-order chi connectivity index (χ0) is 35.0. The van der Waals surface area contributed by atoms with Crippen LogP contribution in [-0.2, 0) is 18.3 Å². The van der Waals surface area contributed by atoms with E-state index in [0.29, 0.717) is 5.92 Å². The molecule has 0 aliphatic carbocycles. The third-order valence-corrected chi connectivity index (χ3v) is 24.0. The van der Waals surface area contributed by atoms with E-state index in [-0.39, 0.29) is 50.2 Å². The van der Waals surface area contributed by atoms with Crippen LogP contribution in [0.2, 0.25) is 36.3 Å². The summed E-state index contributed by atoms with van der Waals surface area (Å²) in [5, 5.41) is 11.0. The predicted molar refractivity (Wildman–Crippen MR) is 202 cm³/mol. The minimum Gasteiger partial charge on any atom is -0.413 e. The normalized spacial score (nSPS) is 28.2. The third-order valence-electron chi connectivity index (χ3n) is 11.3. The molecule has 2 aliphatic rings. The molecule has 1 N–H and O–H groups in total. The summed E-state index contributed by atoms with van der Waals surface area (Å²) >= 11 is 4.18. The smallest absolute Gasteiger partial charge is 0.192 e. The quantitative estimate of drug-likeness (QED) is 0.161. The van der Waals surface area contributed by atoms with Crippen molar-refractivity contribution in [2.24, 2.45) is 23.7 Å². The Balaban J connectivity index is 2.63. The third kappa shape index (κ3) is 10.0. The molecule has 0 amide bonds. The van der Waals surface area contributed by atoms with Crippen molar-refractivity contribution in [2.75, 3.05) is 11.5 Å². The molecule has 0 bridgehead atoms. The fourth-order valence-electron chi connectivity index (χ4n) is 6.25. The molecular formula is C36H70O5S2Si2. The Morgan fingerprint density at radius 3 is 1.80 bits per heavy atom. The molecule has 0 spiro atoms. The van der Waals surface area contributed by atoms with Gasteiger partial charge in [0.2, 0.25) is 0 Å². The molecule has 2 heterocycles. The van der Waals surface area contributed by atoms with Gasteiger partial charge in [-0.25, -0.2) is 0 Å². The Morgan fingerprint density at radius 2 is 1.36 bits per heavy atom. The minimum absolute atomic E-state index is 0.0267. The molecular weight excluding hydrogens is 633 g/mol. The molecule has 8 atom stereocenters. The van der Waals surface area contributed by atoms with Crippen molar-refractivity contribution in [1.29, 1.82) is 0 Å². The van der Waals surface area contributed by atoms with Gasteiger partial charge in [0.05, 0.1) is 22.4 Å². The molecule has 0 radical (unpaired) electrons. The number of terminal acetylenes is 1. The van der Waals surface area contributed by atoms with Crippen molar-refractivity contribution in [1.82, 2.24) is 0 Å². The van der Waals surface area contributed by atoms with Gasteiger partial charge in [-0.1, -0.05) is 82.1 Å². The van der Waals surface area contributed by atoms with Gasteiger partial charge in [0, 0.05) is 17.8 Å². The van der Waals surface area contributed by atoms with E-state index in [1.807, 2.05) is 13.8 Å². The van der Waals surface area contributed by atoms with E-state index in [9.17, 15) is 5.11 Å². The summed E-state index contributed by atoms with van der Waals surface area (Å²) < 4.78 is 27.7. The number of thioether (sulfide) groups is 2. The summed E-state index contributed by atoms with van der Waals surface area (Å²) in [6, 6.07) is 0. The van der Waals surface area contributed by atoms with E-state index in [0.717, 1.165) is 17.9 Å². The van der Waals surface area contributed by atoms with Crippen LogP contribution in [0.5, 0.6) is 0 Å². The van der Waals surface area contributed by atoms with Crippen molar-refractivity contribution in [3.63, 3.8) is 0 Å². The molecule has 0 aromatic rings. The molecule has 2 aliphatic heterocycles. The molecule has 0 unspecified atom stereocenters. The van der Waals surface area contributed by atoms with Gasteiger partial charge in [-0.3, -0.25) is 0 Å². The molecule has 9 heteroatoms. The summed E-state index contributed by atoms with van der Waals surface area (Å²) in [4.78, 5) is 0. The number of rotatable bonds is 12. The van der Waals surface area contributed by atoms with Crippen LogP contribution in [0.4, 0.5) is 0 Å². The zero-order valence-corrected chi connectivity index (χ0v) is 35.6. The second-order valence-electron chi connectivity index (χ2n) is 17.8. The lowest BCUT2D eigenvalue weighted by Crippen LogP contribution is -2.59. The number of hydrogen-bond acceptors (Lipinski definition) is 7. The van der Waals surface area contributed by atoms with Gasteiger partial charge >= 0.3 is 0 Å². The molecule has 0 aromatic heterocycles. The summed E-state index contributed by atoms with van der Waals surface area (Å²) in [6.07, 6.45) is 6.35. The van der Waals surface area contributed by atoms with Gasteiger partial charge in [-0.05, 0) is 80.4 Å². The molecule has 5 nitrogen and oxygen atoms in total. The van der Waals surface area contributed by atoms with Crippen LogP contribution in [0.15, 0.2) is 0 Å². The highest BCUT2D eigenvalue weighted by molar-refractivity contribution is 8.18. The van der Waals surface area contributed by atoms with Gasteiger partial charge in [0.1, 0.15) is 12.2 Å². The first-order valence-electron chi connectivity index (χ1n) is 17.4. The summed E-state index contributed by atoms with van der Waals surface area (Å²) in [7, 11) is -4.16. The molecule has 2 fully saturated rings. The van der Waals surface area contributed by atoms with Crippen molar-refractivity contribution >= 4 is 40.2 Å². The first-order chi connectivity index (χ1) is 20.2. The molecule has 45 heavy (non-hydrogen) atoms. The highest BCUT2D eigenvalue weighted by Crippen LogP contribution is 2.56. The van der Waals surface area contributed by atoms with Crippen LogP contribution in [0, 0.1) is 36.0 Å². The Hall–Kier alpha value is 0.494.